The first kappa shape index (κ1) is 17.4. The number of rotatable bonds is 2. The molecule has 1 aromatic heterocycles. The molecule has 2 amide bonds. The fraction of sp³-hybridized carbons (Fsp3) is 0.389. The third-order valence-electron chi connectivity index (χ3n) is 4.69. The van der Waals surface area contributed by atoms with Crippen molar-refractivity contribution < 1.29 is 9.59 Å². The van der Waals surface area contributed by atoms with Crippen molar-refractivity contribution in [2.24, 2.45) is 0 Å². The largest absolute Gasteiger partial charge is 0.334 e. The van der Waals surface area contributed by atoms with Crippen LogP contribution in [0.5, 0.6) is 0 Å². The van der Waals surface area contributed by atoms with Gasteiger partial charge in [-0.25, -0.2) is 4.68 Å². The van der Waals surface area contributed by atoms with Gasteiger partial charge in [0.25, 0.3) is 0 Å². The van der Waals surface area contributed by atoms with Crippen LogP contribution in [0.4, 0.5) is 5.82 Å². The zero-order valence-corrected chi connectivity index (χ0v) is 15.8. The number of hydrogen-bond acceptors (Lipinski definition) is 4. The first-order valence-corrected chi connectivity index (χ1v) is 10.2. The predicted octanol–water partition coefficient (Wildman–Crippen LogP) is 3.22. The Bertz CT molecular complexity index is 844. The van der Waals surface area contributed by atoms with Crippen molar-refractivity contribution in [1.82, 2.24) is 14.7 Å². The van der Waals surface area contributed by atoms with Gasteiger partial charge in [0.05, 0.1) is 11.4 Å². The molecule has 0 bridgehead atoms. The van der Waals surface area contributed by atoms with Gasteiger partial charge in [0.15, 0.2) is 0 Å². The number of nitrogens with zero attached hydrogens (tertiary/aromatic N) is 3. The van der Waals surface area contributed by atoms with E-state index < -0.39 is 11.8 Å². The molecule has 2 aliphatic rings. The van der Waals surface area contributed by atoms with Gasteiger partial charge in [0, 0.05) is 35.2 Å². The fourth-order valence-corrected chi connectivity index (χ4v) is 4.47. The van der Waals surface area contributed by atoms with E-state index in [1.807, 2.05) is 12.1 Å². The molecule has 0 saturated carbocycles. The summed E-state index contributed by atoms with van der Waals surface area (Å²) in [6.07, 6.45) is 3.01. The molecule has 1 fully saturated rings. The van der Waals surface area contributed by atoms with E-state index >= 15 is 0 Å². The Kier molecular flexibility index (Phi) is 4.91. The van der Waals surface area contributed by atoms with Crippen LogP contribution in [-0.4, -0.2) is 39.6 Å². The molecule has 1 aromatic carbocycles. The number of carbonyl (C=O) groups is 2. The van der Waals surface area contributed by atoms with Crippen LogP contribution < -0.4 is 5.32 Å². The molecule has 3 heterocycles. The fourth-order valence-electron chi connectivity index (χ4n) is 3.31. The Morgan fingerprint density at radius 2 is 1.81 bits per heavy atom. The van der Waals surface area contributed by atoms with Crippen LogP contribution in [0, 0.1) is 0 Å². The topological polar surface area (TPSA) is 67.2 Å². The van der Waals surface area contributed by atoms with Crippen LogP contribution >= 0.6 is 23.4 Å². The molecule has 26 heavy (non-hydrogen) atoms. The Labute approximate surface area is 160 Å². The normalized spacial score (nSPS) is 16.4. The van der Waals surface area contributed by atoms with Crippen molar-refractivity contribution in [3.05, 3.63) is 40.5 Å². The van der Waals surface area contributed by atoms with Crippen LogP contribution in [0.3, 0.4) is 0 Å². The number of thioether (sulfide) groups is 1. The number of aromatic nitrogens is 2. The molecular weight excluding hydrogens is 372 g/mol. The first-order valence-electron chi connectivity index (χ1n) is 8.68. The monoisotopic (exact) mass is 390 g/mol. The third kappa shape index (κ3) is 3.33. The molecule has 1 N–H and O–H groups in total. The van der Waals surface area contributed by atoms with Gasteiger partial charge in [0.1, 0.15) is 5.82 Å². The summed E-state index contributed by atoms with van der Waals surface area (Å²) in [7, 11) is 0. The van der Waals surface area contributed by atoms with E-state index in [1.165, 1.54) is 0 Å². The summed E-state index contributed by atoms with van der Waals surface area (Å²) in [6.45, 7) is 1.30. The predicted molar refractivity (Wildman–Crippen MR) is 103 cm³/mol. The molecule has 6 nitrogen and oxygen atoms in total. The minimum absolute atomic E-state index is 0.465. The number of benzene rings is 1. The zero-order valence-electron chi connectivity index (χ0n) is 14.2. The third-order valence-corrected chi connectivity index (χ3v) is 5.91. The zero-order chi connectivity index (χ0) is 18.1. The quantitative estimate of drug-likeness (QED) is 0.799. The number of likely N-dealkylation sites (tertiary alicyclic amines) is 1. The molecule has 8 heteroatoms. The maximum absolute atomic E-state index is 12.6. The summed E-state index contributed by atoms with van der Waals surface area (Å²) in [4.78, 5) is 26.7. The van der Waals surface area contributed by atoms with Crippen molar-refractivity contribution >= 4 is 41.0 Å². The Morgan fingerprint density at radius 3 is 2.54 bits per heavy atom. The maximum Gasteiger partial charge on any atom is 0.315 e. The second kappa shape index (κ2) is 7.32. The van der Waals surface area contributed by atoms with Gasteiger partial charge in [-0.2, -0.15) is 16.9 Å². The van der Waals surface area contributed by atoms with Gasteiger partial charge in [-0.3, -0.25) is 9.59 Å². The van der Waals surface area contributed by atoms with E-state index in [-0.39, 0.29) is 0 Å². The number of piperidine rings is 1. The van der Waals surface area contributed by atoms with Crippen LogP contribution in [0.25, 0.3) is 5.69 Å². The van der Waals surface area contributed by atoms with Crippen molar-refractivity contribution in [3.63, 3.8) is 0 Å². The summed E-state index contributed by atoms with van der Waals surface area (Å²) in [5.41, 5.74) is 2.74. The lowest BCUT2D eigenvalue weighted by Gasteiger charge is -2.26. The first-order chi connectivity index (χ1) is 12.6. The molecule has 2 aromatic rings. The van der Waals surface area contributed by atoms with E-state index in [0.29, 0.717) is 23.9 Å². The van der Waals surface area contributed by atoms with E-state index in [4.69, 9.17) is 11.6 Å². The van der Waals surface area contributed by atoms with Crippen LogP contribution in [0.15, 0.2) is 24.3 Å². The Morgan fingerprint density at radius 1 is 1.08 bits per heavy atom. The molecule has 0 radical (unpaired) electrons. The summed E-state index contributed by atoms with van der Waals surface area (Å²) in [5.74, 6) is 1.10. The highest BCUT2D eigenvalue weighted by atomic mass is 35.5. The Hall–Kier alpha value is -1.99. The summed E-state index contributed by atoms with van der Waals surface area (Å²) in [5, 5.41) is 8.09. The van der Waals surface area contributed by atoms with Gasteiger partial charge in [-0.1, -0.05) is 11.6 Å². The van der Waals surface area contributed by atoms with Crippen LogP contribution in [0.1, 0.15) is 30.5 Å². The summed E-state index contributed by atoms with van der Waals surface area (Å²) in [6, 6.07) is 7.26. The number of fused-ring (bicyclic) bond motifs is 1. The minimum atomic E-state index is -0.596. The number of anilines is 1. The Balaban J connectivity index is 1.62. The van der Waals surface area contributed by atoms with Gasteiger partial charge in [0.2, 0.25) is 0 Å². The van der Waals surface area contributed by atoms with Crippen LogP contribution in [0.2, 0.25) is 5.02 Å². The van der Waals surface area contributed by atoms with Gasteiger partial charge >= 0.3 is 11.8 Å². The highest BCUT2D eigenvalue weighted by molar-refractivity contribution is 7.98. The SMILES string of the molecule is O=C(Nc1c2c(nn1-c1ccc(Cl)cc1)CSC2)C(=O)N1CCCCC1. The summed E-state index contributed by atoms with van der Waals surface area (Å²) >= 11 is 7.72. The number of carbonyl (C=O) groups excluding carboxylic acids is 2. The molecule has 1 saturated heterocycles. The molecular formula is C18H19ClN4O2S. The number of amides is 2. The second-order valence-corrected chi connectivity index (χ2v) is 7.88. The average molecular weight is 391 g/mol. The molecule has 136 valence electrons. The van der Waals surface area contributed by atoms with Crippen LogP contribution in [-0.2, 0) is 21.1 Å². The van der Waals surface area contributed by atoms with E-state index in [9.17, 15) is 9.59 Å². The molecule has 2 aliphatic heterocycles. The lowest BCUT2D eigenvalue weighted by atomic mass is 10.1. The number of halogens is 1. The standard InChI is InChI=1S/C18H19ClN4O2S/c19-12-4-6-13(7-5-12)23-16(14-10-26-11-15(14)21-23)20-17(24)18(25)22-8-2-1-3-9-22/h4-7H,1-3,8-11H2,(H,20,24). The molecule has 4 rings (SSSR count). The van der Waals surface area contributed by atoms with E-state index in [0.717, 1.165) is 47.7 Å². The van der Waals surface area contributed by atoms with Crippen molar-refractivity contribution in [2.45, 2.75) is 30.8 Å². The van der Waals surface area contributed by atoms with E-state index in [2.05, 4.69) is 10.4 Å². The smallest absolute Gasteiger partial charge is 0.315 e. The highest BCUT2D eigenvalue weighted by Gasteiger charge is 2.28. The lowest BCUT2D eigenvalue weighted by molar-refractivity contribution is -0.143. The summed E-state index contributed by atoms with van der Waals surface area (Å²) < 4.78 is 1.70. The number of hydrogen-bond donors (Lipinski definition) is 1. The second-order valence-electron chi connectivity index (χ2n) is 6.46. The number of nitrogens with one attached hydrogen (secondary N) is 1. The highest BCUT2D eigenvalue weighted by Crippen LogP contribution is 2.36. The maximum atomic E-state index is 12.6. The lowest BCUT2D eigenvalue weighted by Crippen LogP contribution is -2.42. The molecule has 0 atom stereocenters. The van der Waals surface area contributed by atoms with E-state index in [1.54, 1.807) is 33.5 Å². The average Bonchev–Trinajstić information content (AvgIpc) is 3.25. The molecule has 0 unspecified atom stereocenters. The van der Waals surface area contributed by atoms with Gasteiger partial charge < -0.3 is 10.2 Å². The van der Waals surface area contributed by atoms with Gasteiger partial charge in [-0.15, -0.1) is 0 Å². The molecule has 0 spiro atoms. The van der Waals surface area contributed by atoms with Crippen molar-refractivity contribution in [3.8, 4) is 5.69 Å². The minimum Gasteiger partial charge on any atom is -0.334 e. The van der Waals surface area contributed by atoms with Crippen molar-refractivity contribution in [2.75, 3.05) is 18.4 Å². The van der Waals surface area contributed by atoms with Crippen molar-refractivity contribution in [1.29, 1.82) is 0 Å². The molecule has 0 aliphatic carbocycles. The van der Waals surface area contributed by atoms with Gasteiger partial charge in [-0.05, 0) is 43.5 Å².